The van der Waals surface area contributed by atoms with Crippen LogP contribution in [0.1, 0.15) is 31.1 Å². The van der Waals surface area contributed by atoms with Crippen LogP contribution in [-0.2, 0) is 9.47 Å². The lowest BCUT2D eigenvalue weighted by atomic mass is 10.1. The van der Waals surface area contributed by atoms with E-state index in [1.165, 1.54) is 6.20 Å². The van der Waals surface area contributed by atoms with Crippen molar-refractivity contribution in [3.8, 4) is 0 Å². The molecule has 0 aliphatic heterocycles. The number of ketones is 1. The number of fused-ring (bicyclic) bond motifs is 1. The third-order valence-electron chi connectivity index (χ3n) is 4.01. The molecule has 1 N–H and O–H groups in total. The summed E-state index contributed by atoms with van der Waals surface area (Å²) < 4.78 is 9.51. The lowest BCUT2D eigenvalue weighted by Gasteiger charge is -2.06. The van der Waals surface area contributed by atoms with E-state index < -0.39 is 34.9 Å². The maximum atomic E-state index is 12.4. The van der Waals surface area contributed by atoms with Crippen molar-refractivity contribution in [2.75, 3.05) is 13.7 Å². The number of hydrogen-bond donors (Lipinski definition) is 1. The van der Waals surface area contributed by atoms with Crippen LogP contribution >= 0.6 is 0 Å². The molecule has 0 amide bonds. The predicted molar refractivity (Wildman–Crippen MR) is 97.3 cm³/mol. The van der Waals surface area contributed by atoms with Crippen LogP contribution in [0.5, 0.6) is 0 Å². The first-order chi connectivity index (χ1) is 13.4. The second-order valence-corrected chi connectivity index (χ2v) is 5.76. The topological polar surface area (TPSA) is 129 Å². The number of benzene rings is 2. The van der Waals surface area contributed by atoms with Gasteiger partial charge in [-0.2, -0.15) is 0 Å². The molecule has 0 saturated carbocycles. The summed E-state index contributed by atoms with van der Waals surface area (Å²) in [5.41, 5.74) is 0.238. The van der Waals surface area contributed by atoms with Crippen LogP contribution in [-0.4, -0.2) is 41.3 Å². The van der Waals surface area contributed by atoms with E-state index in [2.05, 4.69) is 9.72 Å². The first kappa shape index (κ1) is 18.8. The minimum absolute atomic E-state index is 0.174. The second kappa shape index (κ2) is 7.70. The molecule has 0 radical (unpaired) electrons. The number of H-pyrrole nitrogens is 1. The number of nitro benzene ring substituents is 1. The number of ether oxygens (including phenoxy) is 2. The summed E-state index contributed by atoms with van der Waals surface area (Å²) in [6, 6.07) is 10.2. The van der Waals surface area contributed by atoms with Crippen LogP contribution in [0.25, 0.3) is 10.9 Å². The first-order valence-electron chi connectivity index (χ1n) is 8.05. The number of aromatic nitrogens is 1. The third kappa shape index (κ3) is 3.73. The normalized spacial score (nSPS) is 10.5. The zero-order valence-electron chi connectivity index (χ0n) is 14.6. The van der Waals surface area contributed by atoms with Crippen LogP contribution in [0.2, 0.25) is 0 Å². The molecule has 142 valence electrons. The van der Waals surface area contributed by atoms with Crippen LogP contribution in [0.3, 0.4) is 0 Å². The molecule has 0 spiro atoms. The fraction of sp³-hybridized carbons (Fsp3) is 0.105. The van der Waals surface area contributed by atoms with Crippen LogP contribution in [0.4, 0.5) is 5.69 Å². The molecule has 9 nitrogen and oxygen atoms in total. The number of non-ortho nitro benzene ring substituents is 1. The van der Waals surface area contributed by atoms with Crippen LogP contribution in [0.15, 0.2) is 48.7 Å². The van der Waals surface area contributed by atoms with Crippen molar-refractivity contribution in [2.24, 2.45) is 0 Å². The molecule has 1 aromatic heterocycles. The van der Waals surface area contributed by atoms with Gasteiger partial charge in [-0.15, -0.1) is 0 Å². The second-order valence-electron chi connectivity index (χ2n) is 5.76. The van der Waals surface area contributed by atoms with Gasteiger partial charge in [0.2, 0.25) is 5.78 Å². The summed E-state index contributed by atoms with van der Waals surface area (Å²) >= 11 is 0. The average Bonchev–Trinajstić information content (AvgIpc) is 3.15. The molecule has 9 heteroatoms. The Hall–Kier alpha value is -4.01. The molecule has 0 unspecified atom stereocenters. The van der Waals surface area contributed by atoms with E-state index in [0.29, 0.717) is 10.9 Å². The molecule has 0 aliphatic rings. The number of nitrogens with zero attached hydrogens (tertiary/aromatic N) is 1. The number of esters is 2. The fourth-order valence-electron chi connectivity index (χ4n) is 2.66. The summed E-state index contributed by atoms with van der Waals surface area (Å²) in [6.45, 7) is -0.559. The molecule has 0 atom stereocenters. The van der Waals surface area contributed by atoms with Gasteiger partial charge >= 0.3 is 11.9 Å². The molecule has 3 aromatic rings. The van der Waals surface area contributed by atoms with Gasteiger partial charge in [0, 0.05) is 34.8 Å². The Morgan fingerprint density at radius 3 is 2.43 bits per heavy atom. The van der Waals surface area contributed by atoms with Crippen molar-refractivity contribution in [1.82, 2.24) is 4.98 Å². The fourth-order valence-corrected chi connectivity index (χ4v) is 2.66. The van der Waals surface area contributed by atoms with Gasteiger partial charge in [0.1, 0.15) is 0 Å². The quantitative estimate of drug-likeness (QED) is 0.300. The minimum atomic E-state index is -0.970. The number of rotatable bonds is 6. The van der Waals surface area contributed by atoms with Gasteiger partial charge in [-0.3, -0.25) is 14.9 Å². The highest BCUT2D eigenvalue weighted by Gasteiger charge is 2.20. The number of nitrogens with one attached hydrogen (secondary N) is 1. The van der Waals surface area contributed by atoms with Crippen molar-refractivity contribution in [3.05, 3.63) is 75.5 Å². The van der Waals surface area contributed by atoms with E-state index in [1.807, 2.05) is 6.07 Å². The highest BCUT2D eigenvalue weighted by Crippen LogP contribution is 2.20. The Bertz CT molecular complexity index is 1100. The van der Waals surface area contributed by atoms with Crippen molar-refractivity contribution >= 4 is 34.3 Å². The molecule has 0 bridgehead atoms. The maximum Gasteiger partial charge on any atom is 0.338 e. The highest BCUT2D eigenvalue weighted by molar-refractivity contribution is 6.09. The lowest BCUT2D eigenvalue weighted by Crippen LogP contribution is -2.15. The number of Topliss-reactive ketones (excluding diaryl/α,β-unsaturated/α-hetero) is 1. The Kier molecular flexibility index (Phi) is 5.16. The van der Waals surface area contributed by atoms with E-state index >= 15 is 0 Å². The Balaban J connectivity index is 1.79. The van der Waals surface area contributed by atoms with E-state index in [4.69, 9.17) is 4.74 Å². The number of aromatic amines is 1. The Labute approximate surface area is 158 Å². The first-order valence-corrected chi connectivity index (χ1v) is 8.05. The Morgan fingerprint density at radius 1 is 1.07 bits per heavy atom. The van der Waals surface area contributed by atoms with Gasteiger partial charge in [0.15, 0.2) is 6.61 Å². The van der Waals surface area contributed by atoms with Crippen molar-refractivity contribution < 1.29 is 28.8 Å². The number of methoxy groups -OCH3 is 1. The summed E-state index contributed by atoms with van der Waals surface area (Å²) in [7, 11) is 1.11. The van der Waals surface area contributed by atoms with Crippen LogP contribution < -0.4 is 0 Å². The molecule has 28 heavy (non-hydrogen) atoms. The molecule has 0 aliphatic carbocycles. The van der Waals surface area contributed by atoms with Gasteiger partial charge < -0.3 is 14.5 Å². The van der Waals surface area contributed by atoms with E-state index in [-0.39, 0.29) is 11.1 Å². The van der Waals surface area contributed by atoms with Gasteiger partial charge in [0.05, 0.1) is 23.2 Å². The summed E-state index contributed by atoms with van der Waals surface area (Å²) in [5, 5.41) is 11.7. The van der Waals surface area contributed by atoms with Gasteiger partial charge in [-0.1, -0.05) is 18.2 Å². The van der Waals surface area contributed by atoms with Crippen molar-refractivity contribution in [1.29, 1.82) is 0 Å². The number of carbonyl (C=O) groups excluding carboxylic acids is 3. The van der Waals surface area contributed by atoms with Crippen molar-refractivity contribution in [2.45, 2.75) is 0 Å². The molecule has 0 fully saturated rings. The van der Waals surface area contributed by atoms with Crippen LogP contribution in [0, 0.1) is 10.1 Å². The smallest absolute Gasteiger partial charge is 0.338 e. The van der Waals surface area contributed by atoms with Gasteiger partial charge in [-0.05, 0) is 12.1 Å². The predicted octanol–water partition coefficient (Wildman–Crippen LogP) is 2.90. The SMILES string of the molecule is COC(=O)c1cc(C(=O)OCC(=O)c2c[nH]c3ccccc23)cc([N+](=O)[O-])c1. The van der Waals surface area contributed by atoms with E-state index in [0.717, 1.165) is 30.8 Å². The standard InChI is InChI=1S/C19H14N2O7/c1-27-18(23)11-6-12(8-13(7-11)21(25)26)19(24)28-10-17(22)15-9-20-16-5-3-2-4-14(15)16/h2-9,20H,10H2,1H3. The average molecular weight is 382 g/mol. The lowest BCUT2D eigenvalue weighted by molar-refractivity contribution is -0.384. The van der Waals surface area contributed by atoms with Gasteiger partial charge in [-0.25, -0.2) is 9.59 Å². The monoisotopic (exact) mass is 382 g/mol. The third-order valence-corrected chi connectivity index (χ3v) is 4.01. The Morgan fingerprint density at radius 2 is 1.75 bits per heavy atom. The molecular formula is C19H14N2O7. The molecule has 2 aromatic carbocycles. The summed E-state index contributed by atoms with van der Waals surface area (Å²) in [4.78, 5) is 49.5. The van der Waals surface area contributed by atoms with E-state index in [9.17, 15) is 24.5 Å². The number of carbonyl (C=O) groups is 3. The molecule has 0 saturated heterocycles. The maximum absolute atomic E-state index is 12.4. The van der Waals surface area contributed by atoms with Crippen molar-refractivity contribution in [3.63, 3.8) is 0 Å². The minimum Gasteiger partial charge on any atom is -0.465 e. The number of hydrogen-bond acceptors (Lipinski definition) is 7. The zero-order chi connectivity index (χ0) is 20.3. The molecule has 1 heterocycles. The molecular weight excluding hydrogens is 368 g/mol. The largest absolute Gasteiger partial charge is 0.465 e. The highest BCUT2D eigenvalue weighted by atomic mass is 16.6. The van der Waals surface area contributed by atoms with E-state index in [1.54, 1.807) is 18.2 Å². The summed E-state index contributed by atoms with van der Waals surface area (Å²) in [5.74, 6) is -2.25. The zero-order valence-corrected chi connectivity index (χ0v) is 14.6. The number of para-hydroxylation sites is 1. The summed E-state index contributed by atoms with van der Waals surface area (Å²) in [6.07, 6.45) is 1.52. The molecule has 3 rings (SSSR count). The number of nitro groups is 1. The van der Waals surface area contributed by atoms with Gasteiger partial charge in [0.25, 0.3) is 5.69 Å².